The SMILES string of the molecule is CCC(C)(C)OC(=O)N1CCC(OC(=O)CC[C@@H](C)C2CC[C@H]3[C@@H]4C(=O)C[C@@H]5CC(=O)CC[C@]5(C)[C@H]4CC(=O)[C@]23C)CC1. The summed E-state index contributed by atoms with van der Waals surface area (Å²) in [5.74, 6) is 1.01. The van der Waals surface area contributed by atoms with Crippen LogP contribution in [0.2, 0.25) is 0 Å². The Morgan fingerprint density at radius 3 is 2.37 bits per heavy atom. The fraction of sp³-hybridized carbons (Fsp3) is 0.857. The lowest BCUT2D eigenvalue weighted by molar-refractivity contribution is -0.166. The number of ether oxygens (including phenoxy) is 2. The van der Waals surface area contributed by atoms with Crippen molar-refractivity contribution in [2.75, 3.05) is 13.1 Å². The van der Waals surface area contributed by atoms with Crippen molar-refractivity contribution in [3.8, 4) is 0 Å². The smallest absolute Gasteiger partial charge is 0.410 e. The van der Waals surface area contributed by atoms with Gasteiger partial charge in [0.15, 0.2) is 0 Å². The lowest BCUT2D eigenvalue weighted by Gasteiger charge is -2.58. The highest BCUT2D eigenvalue weighted by atomic mass is 16.6. The molecule has 1 aliphatic heterocycles. The van der Waals surface area contributed by atoms with E-state index in [1.807, 2.05) is 20.8 Å². The Morgan fingerprint density at radius 2 is 1.70 bits per heavy atom. The first kappa shape index (κ1) is 32.2. The highest BCUT2D eigenvalue weighted by molar-refractivity contribution is 5.93. The number of rotatable bonds is 7. The van der Waals surface area contributed by atoms with Gasteiger partial charge in [-0.1, -0.05) is 27.7 Å². The zero-order chi connectivity index (χ0) is 31.3. The number of ketones is 3. The van der Waals surface area contributed by atoms with Crippen molar-refractivity contribution in [2.45, 2.75) is 130 Å². The number of fused-ring (bicyclic) bond motifs is 5. The molecule has 1 heterocycles. The maximum Gasteiger partial charge on any atom is 0.410 e. The molecular formula is C35H53NO7. The summed E-state index contributed by atoms with van der Waals surface area (Å²) in [5.41, 5.74) is -1.15. The van der Waals surface area contributed by atoms with E-state index in [1.165, 1.54) is 0 Å². The summed E-state index contributed by atoms with van der Waals surface area (Å²) in [7, 11) is 0. The van der Waals surface area contributed by atoms with Crippen LogP contribution < -0.4 is 0 Å². The van der Waals surface area contributed by atoms with Gasteiger partial charge in [0, 0.05) is 69.4 Å². The molecule has 240 valence electrons. The Hall–Kier alpha value is -2.25. The summed E-state index contributed by atoms with van der Waals surface area (Å²) >= 11 is 0. The van der Waals surface area contributed by atoms with Crippen LogP contribution in [0.1, 0.15) is 119 Å². The molecule has 0 radical (unpaired) electrons. The molecule has 43 heavy (non-hydrogen) atoms. The van der Waals surface area contributed by atoms with Crippen LogP contribution in [0.15, 0.2) is 0 Å². The Morgan fingerprint density at radius 1 is 1.00 bits per heavy atom. The van der Waals surface area contributed by atoms with Crippen molar-refractivity contribution in [1.82, 2.24) is 4.90 Å². The van der Waals surface area contributed by atoms with Gasteiger partial charge < -0.3 is 14.4 Å². The number of esters is 1. The molecule has 0 aromatic carbocycles. The molecule has 4 aliphatic carbocycles. The van der Waals surface area contributed by atoms with Crippen LogP contribution in [0.25, 0.3) is 0 Å². The van der Waals surface area contributed by atoms with Crippen molar-refractivity contribution in [2.24, 2.45) is 46.3 Å². The minimum Gasteiger partial charge on any atom is -0.462 e. The third-order valence-electron chi connectivity index (χ3n) is 12.9. The summed E-state index contributed by atoms with van der Waals surface area (Å²) in [4.78, 5) is 66.9. The molecule has 0 N–H and O–H groups in total. The third kappa shape index (κ3) is 5.93. The van der Waals surface area contributed by atoms with Gasteiger partial charge in [-0.25, -0.2) is 4.79 Å². The fourth-order valence-corrected chi connectivity index (χ4v) is 9.71. The topological polar surface area (TPSA) is 107 Å². The molecule has 4 saturated carbocycles. The van der Waals surface area contributed by atoms with Gasteiger partial charge in [-0.2, -0.15) is 0 Å². The van der Waals surface area contributed by atoms with Crippen molar-refractivity contribution in [1.29, 1.82) is 0 Å². The second-order valence-corrected chi connectivity index (χ2v) is 15.6. The summed E-state index contributed by atoms with van der Waals surface area (Å²) in [6, 6.07) is 0. The monoisotopic (exact) mass is 599 g/mol. The third-order valence-corrected chi connectivity index (χ3v) is 12.9. The molecule has 1 saturated heterocycles. The first-order valence-electron chi connectivity index (χ1n) is 16.9. The number of hydrogen-bond acceptors (Lipinski definition) is 7. The van der Waals surface area contributed by atoms with Crippen molar-refractivity contribution in [3.05, 3.63) is 0 Å². The minimum absolute atomic E-state index is 0.0490. The summed E-state index contributed by atoms with van der Waals surface area (Å²) in [6.45, 7) is 13.3. The molecule has 1 unspecified atom stereocenters. The Balaban J connectivity index is 1.14. The molecule has 0 spiro atoms. The van der Waals surface area contributed by atoms with Crippen LogP contribution >= 0.6 is 0 Å². The van der Waals surface area contributed by atoms with E-state index in [4.69, 9.17) is 9.47 Å². The normalized spacial score (nSPS) is 37.3. The second-order valence-electron chi connectivity index (χ2n) is 15.6. The first-order chi connectivity index (χ1) is 20.2. The molecule has 5 fully saturated rings. The average Bonchev–Trinajstić information content (AvgIpc) is 3.32. The predicted octanol–water partition coefficient (Wildman–Crippen LogP) is 6.32. The van der Waals surface area contributed by atoms with Gasteiger partial charge in [0.25, 0.3) is 0 Å². The first-order valence-corrected chi connectivity index (χ1v) is 16.9. The number of amides is 1. The van der Waals surface area contributed by atoms with Crippen molar-refractivity contribution in [3.63, 3.8) is 0 Å². The average molecular weight is 600 g/mol. The van der Waals surface area contributed by atoms with E-state index in [-0.39, 0.29) is 76.4 Å². The molecule has 8 atom stereocenters. The van der Waals surface area contributed by atoms with Gasteiger partial charge in [-0.15, -0.1) is 0 Å². The van der Waals surface area contributed by atoms with E-state index >= 15 is 0 Å². The van der Waals surface area contributed by atoms with Gasteiger partial charge in [-0.05, 0) is 81.0 Å². The predicted molar refractivity (Wildman–Crippen MR) is 161 cm³/mol. The van der Waals surface area contributed by atoms with Crippen LogP contribution in [0, 0.1) is 46.3 Å². The summed E-state index contributed by atoms with van der Waals surface area (Å²) < 4.78 is 11.4. The lowest BCUT2D eigenvalue weighted by Crippen LogP contribution is -2.60. The molecular weight excluding hydrogens is 546 g/mol. The van der Waals surface area contributed by atoms with E-state index in [0.29, 0.717) is 64.5 Å². The van der Waals surface area contributed by atoms with E-state index in [2.05, 4.69) is 20.8 Å². The largest absolute Gasteiger partial charge is 0.462 e. The van der Waals surface area contributed by atoms with Crippen LogP contribution in [0.5, 0.6) is 0 Å². The molecule has 5 aliphatic rings. The second kappa shape index (κ2) is 11.9. The Labute approximate surface area is 257 Å². The number of carbonyl (C=O) groups excluding carboxylic acids is 5. The number of likely N-dealkylation sites (tertiary alicyclic amines) is 1. The molecule has 0 bridgehead atoms. The van der Waals surface area contributed by atoms with Gasteiger partial charge in [0.2, 0.25) is 0 Å². The van der Waals surface area contributed by atoms with E-state index < -0.39 is 11.0 Å². The van der Waals surface area contributed by atoms with Crippen LogP contribution in [0.4, 0.5) is 4.79 Å². The van der Waals surface area contributed by atoms with E-state index in [9.17, 15) is 24.0 Å². The standard InChI is InChI=1S/C35H53NO7/c1-7-33(3,4)43-32(41)36-16-13-24(14-17-36)42-30(40)11-8-21(2)25-9-10-26-31-27(20-29(39)35(25,26)6)34(5)15-12-23(37)18-22(34)19-28(31)38/h21-22,24-27,31H,7-20H2,1-6H3/t21-,22+,25?,26+,27+,31+,34+,35-/m1/s1. The summed E-state index contributed by atoms with van der Waals surface area (Å²) in [5, 5.41) is 0. The molecule has 1 amide bonds. The van der Waals surface area contributed by atoms with Gasteiger partial charge in [0.05, 0.1) is 0 Å². The van der Waals surface area contributed by atoms with Gasteiger partial charge in [-0.3, -0.25) is 19.2 Å². The number of Topliss-reactive ketones (excluding diaryl/α,β-unsaturated/α-hetero) is 3. The number of piperidine rings is 1. The summed E-state index contributed by atoms with van der Waals surface area (Å²) in [6.07, 6.45) is 6.94. The molecule has 5 rings (SSSR count). The van der Waals surface area contributed by atoms with Crippen LogP contribution in [-0.2, 0) is 28.7 Å². The van der Waals surface area contributed by atoms with Crippen molar-refractivity contribution < 1.29 is 33.4 Å². The van der Waals surface area contributed by atoms with Gasteiger partial charge in [0.1, 0.15) is 29.1 Å². The molecule has 0 aromatic rings. The quantitative estimate of drug-likeness (QED) is 0.315. The highest BCUT2D eigenvalue weighted by Crippen LogP contribution is 2.66. The maximum absolute atomic E-state index is 14.0. The highest BCUT2D eigenvalue weighted by Gasteiger charge is 2.66. The van der Waals surface area contributed by atoms with Crippen LogP contribution in [0.3, 0.4) is 0 Å². The number of nitrogens with zero attached hydrogens (tertiary/aromatic N) is 1. The fourth-order valence-electron chi connectivity index (χ4n) is 9.71. The number of carbonyl (C=O) groups is 5. The zero-order valence-electron chi connectivity index (χ0n) is 27.2. The van der Waals surface area contributed by atoms with E-state index in [1.54, 1.807) is 4.90 Å². The van der Waals surface area contributed by atoms with Crippen molar-refractivity contribution >= 4 is 29.4 Å². The molecule has 8 heteroatoms. The van der Waals surface area contributed by atoms with E-state index in [0.717, 1.165) is 25.7 Å². The number of hydrogen-bond donors (Lipinski definition) is 0. The van der Waals surface area contributed by atoms with Gasteiger partial charge >= 0.3 is 12.1 Å². The Bertz CT molecular complexity index is 1140. The van der Waals surface area contributed by atoms with Crippen LogP contribution in [-0.4, -0.2) is 59.1 Å². The maximum atomic E-state index is 14.0. The zero-order valence-corrected chi connectivity index (χ0v) is 27.2. The lowest BCUT2D eigenvalue weighted by atomic mass is 9.44. The Kier molecular flexibility index (Phi) is 8.92. The molecule has 0 aromatic heterocycles. The molecule has 8 nitrogen and oxygen atoms in total. The minimum atomic E-state index is -0.540.